The summed E-state index contributed by atoms with van der Waals surface area (Å²) in [6.45, 7) is 2.91. The Morgan fingerprint density at radius 1 is 1.25 bits per heavy atom. The molecule has 1 aromatic carbocycles. The fraction of sp³-hybridized carbons (Fsp3) is 0.444. The highest BCUT2D eigenvalue weighted by molar-refractivity contribution is 9.10. The molecule has 3 rings (SSSR count). The van der Waals surface area contributed by atoms with Crippen molar-refractivity contribution in [2.45, 2.75) is 13.2 Å². The molecule has 1 atom stereocenters. The van der Waals surface area contributed by atoms with E-state index < -0.39 is 17.8 Å². The van der Waals surface area contributed by atoms with Crippen molar-refractivity contribution in [3.05, 3.63) is 29.0 Å². The third kappa shape index (κ3) is 6.69. The van der Waals surface area contributed by atoms with Crippen molar-refractivity contribution < 1.29 is 34.3 Å². The normalized spacial score (nSPS) is 14.5. The van der Waals surface area contributed by atoms with E-state index >= 15 is 0 Å². The zero-order valence-corrected chi connectivity index (χ0v) is 18.8. The van der Waals surface area contributed by atoms with Crippen LogP contribution in [0.2, 0.25) is 0 Å². The molecule has 14 heteroatoms. The number of rotatable bonds is 10. The second-order valence-electron chi connectivity index (χ2n) is 6.39. The minimum atomic E-state index is -0.845. The van der Waals surface area contributed by atoms with Gasteiger partial charge in [0.05, 0.1) is 47.4 Å². The number of benzene rings is 1. The number of hydrogen-bond acceptors (Lipinski definition) is 13. The summed E-state index contributed by atoms with van der Waals surface area (Å²) in [5.74, 6) is 0.555. The maximum atomic E-state index is 11.9. The van der Waals surface area contributed by atoms with Gasteiger partial charge in [0, 0.05) is 18.9 Å². The van der Waals surface area contributed by atoms with Crippen LogP contribution in [-0.4, -0.2) is 88.5 Å². The average Bonchev–Trinajstić information content (AvgIpc) is 3.23. The molecule has 174 valence electrons. The van der Waals surface area contributed by atoms with E-state index in [9.17, 15) is 4.79 Å². The number of fused-ring (bicyclic) bond motifs is 1. The number of guanidine groups is 1. The van der Waals surface area contributed by atoms with E-state index in [2.05, 4.69) is 41.0 Å². The Morgan fingerprint density at radius 2 is 2.03 bits per heavy atom. The van der Waals surface area contributed by atoms with Crippen molar-refractivity contribution in [2.75, 3.05) is 44.8 Å². The molecule has 0 radical (unpaired) electrons. The lowest BCUT2D eigenvalue weighted by Gasteiger charge is -2.27. The van der Waals surface area contributed by atoms with Crippen molar-refractivity contribution >= 4 is 44.8 Å². The minimum absolute atomic E-state index is 0.0300. The molecule has 2 aromatic rings. The summed E-state index contributed by atoms with van der Waals surface area (Å²) in [5, 5.41) is 19.6. The standard InChI is InChI=1S/C18H23BrN6O7/c1-12(32-18(26)30-10-8-29-9-11-31-25(27)28)24-7-6-22-17(24)23-13-2-3-14-16(15(13)19)21-5-4-20-14/h2-5,12,27-28H,6-11H2,1H3,(H,22,23). The zero-order valence-electron chi connectivity index (χ0n) is 17.2. The molecule has 0 saturated heterocycles. The molecule has 0 aliphatic carbocycles. The average molecular weight is 515 g/mol. The summed E-state index contributed by atoms with van der Waals surface area (Å²) in [6, 6.07) is 3.72. The summed E-state index contributed by atoms with van der Waals surface area (Å²) in [4.78, 5) is 31.1. The van der Waals surface area contributed by atoms with Crippen LogP contribution in [0.5, 0.6) is 0 Å². The maximum absolute atomic E-state index is 11.9. The number of hydrogen-bond donors (Lipinski definition) is 3. The summed E-state index contributed by atoms with van der Waals surface area (Å²) in [7, 11) is 0. The number of halogens is 1. The fourth-order valence-corrected chi connectivity index (χ4v) is 3.38. The Hall–Kier alpha value is -2.62. The van der Waals surface area contributed by atoms with Crippen molar-refractivity contribution in [2.24, 2.45) is 4.99 Å². The van der Waals surface area contributed by atoms with Crippen molar-refractivity contribution in [1.29, 1.82) is 0 Å². The highest BCUT2D eigenvalue weighted by atomic mass is 79.9. The summed E-state index contributed by atoms with van der Waals surface area (Å²) >= 11 is 3.55. The molecule has 0 bridgehead atoms. The van der Waals surface area contributed by atoms with Gasteiger partial charge in [0.15, 0.2) is 6.23 Å². The first kappa shape index (κ1) is 24.0. The maximum Gasteiger partial charge on any atom is 0.510 e. The first-order chi connectivity index (χ1) is 15.5. The van der Waals surface area contributed by atoms with Gasteiger partial charge in [0.2, 0.25) is 5.96 Å². The smallest absolute Gasteiger partial charge is 0.432 e. The number of ether oxygens (including phenoxy) is 3. The quantitative estimate of drug-likeness (QED) is 0.241. The molecule has 1 aliphatic rings. The number of anilines is 1. The predicted molar refractivity (Wildman–Crippen MR) is 114 cm³/mol. The van der Waals surface area contributed by atoms with Gasteiger partial charge < -0.3 is 24.4 Å². The number of nitrogens with one attached hydrogen (secondary N) is 1. The van der Waals surface area contributed by atoms with Crippen LogP contribution in [0.1, 0.15) is 6.92 Å². The molecule has 2 heterocycles. The summed E-state index contributed by atoms with van der Waals surface area (Å²) < 4.78 is 16.1. The molecule has 1 unspecified atom stereocenters. The van der Waals surface area contributed by atoms with Crippen molar-refractivity contribution in [1.82, 2.24) is 20.3 Å². The van der Waals surface area contributed by atoms with Crippen LogP contribution in [0.15, 0.2) is 34.0 Å². The molecule has 32 heavy (non-hydrogen) atoms. The van der Waals surface area contributed by atoms with Crippen molar-refractivity contribution in [3.8, 4) is 0 Å². The Balaban J connectivity index is 1.46. The van der Waals surface area contributed by atoms with Crippen LogP contribution in [-0.2, 0) is 19.0 Å². The van der Waals surface area contributed by atoms with Crippen LogP contribution in [0.25, 0.3) is 11.0 Å². The molecule has 1 aliphatic heterocycles. The van der Waals surface area contributed by atoms with Crippen LogP contribution >= 0.6 is 15.9 Å². The topological polar surface area (TPSA) is 151 Å². The number of nitrogens with zero attached hydrogens (tertiary/aromatic N) is 5. The molecule has 13 nitrogen and oxygen atoms in total. The summed E-state index contributed by atoms with van der Waals surface area (Å²) in [5.41, 5.74) is 2.23. The van der Waals surface area contributed by atoms with Gasteiger partial charge in [-0.1, -0.05) is 0 Å². The van der Waals surface area contributed by atoms with Crippen LogP contribution in [0.3, 0.4) is 0 Å². The number of carbonyl (C=O) groups is 1. The first-order valence-electron chi connectivity index (χ1n) is 9.65. The molecule has 0 amide bonds. The lowest BCUT2D eigenvalue weighted by atomic mass is 10.2. The van der Waals surface area contributed by atoms with Gasteiger partial charge in [0.25, 0.3) is 0 Å². The number of aliphatic imine (C=N–C) groups is 1. The van der Waals surface area contributed by atoms with Gasteiger partial charge in [-0.05, 0) is 35.0 Å². The van der Waals surface area contributed by atoms with E-state index in [1.807, 2.05) is 12.1 Å². The van der Waals surface area contributed by atoms with Gasteiger partial charge in [-0.25, -0.2) is 9.63 Å². The Kier molecular flexibility index (Phi) is 8.90. The van der Waals surface area contributed by atoms with Gasteiger partial charge in [0.1, 0.15) is 12.1 Å². The largest absolute Gasteiger partial charge is 0.510 e. The lowest BCUT2D eigenvalue weighted by molar-refractivity contribution is -0.493. The molecule has 0 fully saturated rings. The molecule has 1 aromatic heterocycles. The molecule has 0 saturated carbocycles. The van der Waals surface area contributed by atoms with E-state index in [0.29, 0.717) is 24.6 Å². The highest BCUT2D eigenvalue weighted by Gasteiger charge is 2.26. The van der Waals surface area contributed by atoms with Gasteiger partial charge in [-0.3, -0.25) is 25.4 Å². The van der Waals surface area contributed by atoms with E-state index in [0.717, 1.165) is 15.7 Å². The number of carbonyl (C=O) groups excluding carboxylic acids is 1. The second-order valence-corrected chi connectivity index (χ2v) is 7.18. The number of aromatic nitrogens is 2. The second kappa shape index (κ2) is 11.8. The Morgan fingerprint density at radius 3 is 2.84 bits per heavy atom. The van der Waals surface area contributed by atoms with E-state index in [1.165, 1.54) is 0 Å². The van der Waals surface area contributed by atoms with E-state index in [-0.39, 0.29) is 26.4 Å². The predicted octanol–water partition coefficient (Wildman–Crippen LogP) is 2.00. The van der Waals surface area contributed by atoms with Gasteiger partial charge >= 0.3 is 6.16 Å². The van der Waals surface area contributed by atoms with E-state index in [1.54, 1.807) is 24.2 Å². The van der Waals surface area contributed by atoms with Crippen LogP contribution in [0, 0.1) is 0 Å². The monoisotopic (exact) mass is 514 g/mol. The van der Waals surface area contributed by atoms with Crippen LogP contribution in [0.4, 0.5) is 10.5 Å². The lowest BCUT2D eigenvalue weighted by Crippen LogP contribution is -2.42. The van der Waals surface area contributed by atoms with E-state index in [4.69, 9.17) is 24.6 Å². The first-order valence-corrected chi connectivity index (χ1v) is 10.4. The zero-order chi connectivity index (χ0) is 22.9. The fourth-order valence-electron chi connectivity index (χ4n) is 2.85. The highest BCUT2D eigenvalue weighted by Crippen LogP contribution is 2.29. The minimum Gasteiger partial charge on any atom is -0.432 e. The third-order valence-electron chi connectivity index (χ3n) is 4.29. The third-order valence-corrected chi connectivity index (χ3v) is 5.09. The Labute approximate surface area is 191 Å². The van der Waals surface area contributed by atoms with Gasteiger partial charge in [-0.15, -0.1) is 0 Å². The molecular formula is C18H23BrN6O7. The Bertz CT molecular complexity index is 947. The van der Waals surface area contributed by atoms with Gasteiger partial charge in [-0.2, -0.15) is 0 Å². The molecular weight excluding hydrogens is 492 g/mol. The molecule has 0 spiro atoms. The summed E-state index contributed by atoms with van der Waals surface area (Å²) in [6.07, 6.45) is 1.78. The van der Waals surface area contributed by atoms with Crippen molar-refractivity contribution in [3.63, 3.8) is 0 Å². The molecule has 3 N–H and O–H groups in total. The van der Waals surface area contributed by atoms with Crippen LogP contribution < -0.4 is 5.32 Å². The SMILES string of the molecule is CC(OC(=O)OCCOCCON(O)O)N1CCN=C1Nc1ccc2nccnc2c1Br.